The zero-order valence-corrected chi connectivity index (χ0v) is 17.6. The second-order valence-electron chi connectivity index (χ2n) is 6.48. The number of anilines is 2. The largest absolute Gasteiger partial charge is 0.396 e. The summed E-state index contributed by atoms with van der Waals surface area (Å²) >= 11 is 12.0. The molecule has 0 saturated carbocycles. The number of carbonyl (C=O) groups excluding carboxylic acids is 1. The van der Waals surface area contributed by atoms with Gasteiger partial charge in [0.25, 0.3) is 5.91 Å². The molecule has 0 aliphatic carbocycles. The Morgan fingerprint density at radius 2 is 1.96 bits per heavy atom. The number of methoxy groups -OCH3 is 1. The topological polar surface area (TPSA) is 93.1 Å². The minimum absolute atomic E-state index is 0.0382. The van der Waals surface area contributed by atoms with Crippen molar-refractivity contribution in [1.29, 1.82) is 5.26 Å². The number of nitrogens with zero attached hydrogens (tertiary/aromatic N) is 2. The second-order valence-corrected chi connectivity index (χ2v) is 7.29. The number of amides is 1. The number of nitrogens with one attached hydrogen (secondary N) is 1. The standard InChI is InChI=1S/C20H22Cl2N4O2/c1-11-5-14(13(3)26(11)12(2)10-28-4)6-15(9-23)20(27)25-16-7-17(21)19(24)18(22)8-16/h5-8,12H,10,24H2,1-4H3,(H,25,27)/b15-6+. The van der Waals surface area contributed by atoms with Crippen LogP contribution in [0.5, 0.6) is 0 Å². The Morgan fingerprint density at radius 1 is 1.36 bits per heavy atom. The normalized spacial score (nSPS) is 12.5. The fraction of sp³-hybridized carbons (Fsp3) is 0.300. The lowest BCUT2D eigenvalue weighted by Gasteiger charge is -2.17. The molecule has 1 atom stereocenters. The van der Waals surface area contributed by atoms with Crippen molar-refractivity contribution in [2.45, 2.75) is 26.8 Å². The molecule has 2 aromatic rings. The van der Waals surface area contributed by atoms with Gasteiger partial charge < -0.3 is 20.4 Å². The molecular formula is C20H22Cl2N4O2. The molecule has 6 nitrogen and oxygen atoms in total. The molecule has 1 aromatic carbocycles. The van der Waals surface area contributed by atoms with Crippen molar-refractivity contribution in [3.05, 3.63) is 50.8 Å². The third kappa shape index (κ3) is 4.68. The van der Waals surface area contributed by atoms with Crippen molar-refractivity contribution >= 4 is 46.6 Å². The van der Waals surface area contributed by atoms with Gasteiger partial charge in [-0.2, -0.15) is 5.26 Å². The number of rotatable bonds is 6. The van der Waals surface area contributed by atoms with Gasteiger partial charge in [-0.15, -0.1) is 0 Å². The number of aromatic nitrogens is 1. The van der Waals surface area contributed by atoms with Crippen LogP contribution in [0.1, 0.15) is 29.9 Å². The van der Waals surface area contributed by atoms with Crippen LogP contribution in [0.25, 0.3) is 6.08 Å². The summed E-state index contributed by atoms with van der Waals surface area (Å²) < 4.78 is 7.34. The zero-order valence-electron chi connectivity index (χ0n) is 16.1. The molecule has 1 amide bonds. The van der Waals surface area contributed by atoms with Crippen molar-refractivity contribution in [3.8, 4) is 6.07 Å². The molecule has 1 heterocycles. The van der Waals surface area contributed by atoms with Crippen LogP contribution in [0.2, 0.25) is 10.0 Å². The molecule has 3 N–H and O–H groups in total. The summed E-state index contributed by atoms with van der Waals surface area (Å²) in [6.45, 7) is 6.52. The quantitative estimate of drug-likeness (QED) is 0.400. The minimum Gasteiger partial charge on any atom is -0.396 e. The van der Waals surface area contributed by atoms with Crippen LogP contribution in [0.15, 0.2) is 23.8 Å². The number of benzene rings is 1. The lowest BCUT2D eigenvalue weighted by Crippen LogP contribution is -2.14. The maximum Gasteiger partial charge on any atom is 0.266 e. The lowest BCUT2D eigenvalue weighted by molar-refractivity contribution is -0.112. The van der Waals surface area contributed by atoms with E-state index in [0.717, 1.165) is 17.0 Å². The SMILES string of the molecule is COCC(C)n1c(C)cc(/C=C(\C#N)C(=O)Nc2cc(Cl)c(N)c(Cl)c2)c1C. The third-order valence-electron chi connectivity index (χ3n) is 4.37. The number of hydrogen-bond acceptors (Lipinski definition) is 4. The molecule has 1 unspecified atom stereocenters. The van der Waals surface area contributed by atoms with Crippen LogP contribution in [-0.2, 0) is 9.53 Å². The summed E-state index contributed by atoms with van der Waals surface area (Å²) in [6, 6.07) is 6.97. The highest BCUT2D eigenvalue weighted by Crippen LogP contribution is 2.31. The highest BCUT2D eigenvalue weighted by atomic mass is 35.5. The van der Waals surface area contributed by atoms with Crippen molar-refractivity contribution in [1.82, 2.24) is 4.57 Å². The van der Waals surface area contributed by atoms with Crippen LogP contribution >= 0.6 is 23.2 Å². The van der Waals surface area contributed by atoms with Gasteiger partial charge in [0.2, 0.25) is 0 Å². The molecule has 8 heteroatoms. The third-order valence-corrected chi connectivity index (χ3v) is 5.00. The molecule has 28 heavy (non-hydrogen) atoms. The number of ether oxygens (including phenoxy) is 1. The van der Waals surface area contributed by atoms with Gasteiger partial charge in [0.15, 0.2) is 0 Å². The summed E-state index contributed by atoms with van der Waals surface area (Å²) in [5.41, 5.74) is 9.00. The summed E-state index contributed by atoms with van der Waals surface area (Å²) in [5, 5.41) is 12.5. The molecule has 0 saturated heterocycles. The summed E-state index contributed by atoms with van der Waals surface area (Å²) in [7, 11) is 1.65. The molecule has 0 fully saturated rings. The van der Waals surface area contributed by atoms with Crippen LogP contribution in [-0.4, -0.2) is 24.2 Å². The monoisotopic (exact) mass is 420 g/mol. The highest BCUT2D eigenvalue weighted by Gasteiger charge is 2.16. The molecular weight excluding hydrogens is 399 g/mol. The van der Waals surface area contributed by atoms with E-state index in [2.05, 4.69) is 9.88 Å². The molecule has 0 aliphatic rings. The van der Waals surface area contributed by atoms with E-state index in [9.17, 15) is 10.1 Å². The van der Waals surface area contributed by atoms with Gasteiger partial charge >= 0.3 is 0 Å². The first-order valence-corrected chi connectivity index (χ1v) is 9.30. The van der Waals surface area contributed by atoms with E-state index >= 15 is 0 Å². The second kappa shape index (κ2) is 9.16. The van der Waals surface area contributed by atoms with Crippen LogP contribution < -0.4 is 11.1 Å². The Bertz CT molecular complexity index is 950. The molecule has 0 spiro atoms. The van der Waals surface area contributed by atoms with Gasteiger partial charge in [0.1, 0.15) is 11.6 Å². The van der Waals surface area contributed by atoms with E-state index in [1.807, 2.05) is 32.9 Å². The fourth-order valence-corrected chi connectivity index (χ4v) is 3.59. The average molecular weight is 421 g/mol. The molecule has 0 bridgehead atoms. The Kier molecular flexibility index (Phi) is 7.14. The number of nitrogens with two attached hydrogens (primary N) is 1. The van der Waals surface area contributed by atoms with Crippen molar-refractivity contribution in [2.75, 3.05) is 24.8 Å². The lowest BCUT2D eigenvalue weighted by atomic mass is 10.1. The van der Waals surface area contributed by atoms with Crippen molar-refractivity contribution in [2.24, 2.45) is 0 Å². The number of carbonyl (C=O) groups is 1. The fourth-order valence-electron chi connectivity index (χ4n) is 3.10. The predicted molar refractivity (Wildman–Crippen MR) is 114 cm³/mol. The molecule has 1 aromatic heterocycles. The number of aryl methyl sites for hydroxylation is 1. The van der Waals surface area contributed by atoms with Gasteiger partial charge in [-0.1, -0.05) is 23.2 Å². The number of hydrogen-bond donors (Lipinski definition) is 2. The maximum absolute atomic E-state index is 12.5. The van der Waals surface area contributed by atoms with Gasteiger partial charge in [0, 0.05) is 24.2 Å². The van der Waals surface area contributed by atoms with Gasteiger partial charge in [-0.25, -0.2) is 0 Å². The summed E-state index contributed by atoms with van der Waals surface area (Å²) in [4.78, 5) is 12.5. The first kappa shape index (κ1) is 21.8. The summed E-state index contributed by atoms with van der Waals surface area (Å²) in [5.74, 6) is -0.561. The molecule has 0 radical (unpaired) electrons. The zero-order chi connectivity index (χ0) is 21.0. The highest BCUT2D eigenvalue weighted by molar-refractivity contribution is 6.39. The number of nitrogen functional groups attached to an aromatic ring is 1. The first-order chi connectivity index (χ1) is 13.2. The van der Waals surface area contributed by atoms with Crippen molar-refractivity contribution in [3.63, 3.8) is 0 Å². The van der Waals surface area contributed by atoms with E-state index in [1.165, 1.54) is 12.1 Å². The minimum atomic E-state index is -0.561. The van der Waals surface area contributed by atoms with Gasteiger partial charge in [0.05, 0.1) is 28.4 Å². The summed E-state index contributed by atoms with van der Waals surface area (Å²) in [6.07, 6.45) is 1.56. The number of halogens is 2. The van der Waals surface area contributed by atoms with Crippen LogP contribution in [0.4, 0.5) is 11.4 Å². The van der Waals surface area contributed by atoms with E-state index in [1.54, 1.807) is 13.2 Å². The number of nitriles is 1. The molecule has 2 rings (SSSR count). The van der Waals surface area contributed by atoms with Crippen LogP contribution in [0.3, 0.4) is 0 Å². The Morgan fingerprint density at radius 3 is 2.50 bits per heavy atom. The predicted octanol–water partition coefficient (Wildman–Crippen LogP) is 4.75. The van der Waals surface area contributed by atoms with E-state index in [0.29, 0.717) is 12.3 Å². The van der Waals surface area contributed by atoms with Crippen molar-refractivity contribution < 1.29 is 9.53 Å². The average Bonchev–Trinajstić information content (AvgIpc) is 2.90. The maximum atomic E-state index is 12.5. The molecule has 148 valence electrons. The first-order valence-electron chi connectivity index (χ1n) is 8.54. The van der Waals surface area contributed by atoms with E-state index < -0.39 is 5.91 Å². The molecule has 0 aliphatic heterocycles. The Hall–Kier alpha value is -2.46. The Labute approximate surface area is 174 Å². The van der Waals surface area contributed by atoms with Gasteiger partial charge in [-0.05, 0) is 50.6 Å². The van der Waals surface area contributed by atoms with Crippen LogP contribution in [0, 0.1) is 25.2 Å². The Balaban J connectivity index is 2.33. The van der Waals surface area contributed by atoms with E-state index in [-0.39, 0.29) is 27.3 Å². The smallest absolute Gasteiger partial charge is 0.266 e. The van der Waals surface area contributed by atoms with E-state index in [4.69, 9.17) is 33.7 Å². The van der Waals surface area contributed by atoms with Gasteiger partial charge in [-0.3, -0.25) is 4.79 Å².